The number of aryl methyl sites for hydroxylation is 1. The van der Waals surface area contributed by atoms with Gasteiger partial charge in [0.2, 0.25) is 5.91 Å². The van der Waals surface area contributed by atoms with Gasteiger partial charge < -0.3 is 34.5 Å². The summed E-state index contributed by atoms with van der Waals surface area (Å²) in [5, 5.41) is 6.54. The van der Waals surface area contributed by atoms with Crippen molar-refractivity contribution >= 4 is 23.1 Å². The van der Waals surface area contributed by atoms with Crippen molar-refractivity contribution in [3.63, 3.8) is 0 Å². The number of carbonyl (C=O) groups excluding carboxylic acids is 2. The van der Waals surface area contributed by atoms with E-state index in [1.165, 1.54) is 12.5 Å². The van der Waals surface area contributed by atoms with Crippen LogP contribution in [0.2, 0.25) is 0 Å². The van der Waals surface area contributed by atoms with Crippen molar-refractivity contribution in [2.45, 2.75) is 44.9 Å². The molecule has 0 bridgehead atoms. The molecule has 2 aliphatic heterocycles. The molecule has 222 valence electrons. The third-order valence-corrected chi connectivity index (χ3v) is 7.53. The molecule has 2 aliphatic rings. The quantitative estimate of drug-likeness (QED) is 0.291. The number of para-hydroxylation sites is 1. The van der Waals surface area contributed by atoms with Gasteiger partial charge in [-0.3, -0.25) is 9.59 Å². The summed E-state index contributed by atoms with van der Waals surface area (Å²) < 4.78 is 23.3. The highest BCUT2D eigenvalue weighted by molar-refractivity contribution is 5.98. The maximum absolute atomic E-state index is 13.1. The largest absolute Gasteiger partial charge is 0.496 e. The number of hydrogen-bond donors (Lipinski definition) is 2. The second-order valence-electron chi connectivity index (χ2n) is 10.5. The number of rotatable bonds is 13. The summed E-state index contributed by atoms with van der Waals surface area (Å²) in [6, 6.07) is 20.6. The van der Waals surface area contributed by atoms with Crippen LogP contribution in [0.15, 0.2) is 66.7 Å². The number of nitrogens with one attached hydrogen (secondary N) is 2. The van der Waals surface area contributed by atoms with Crippen LogP contribution in [0.3, 0.4) is 0 Å². The summed E-state index contributed by atoms with van der Waals surface area (Å²) in [4.78, 5) is 27.6. The average molecular weight is 574 g/mol. The lowest BCUT2D eigenvalue weighted by molar-refractivity contribution is -0.126. The molecule has 3 aromatic rings. The maximum Gasteiger partial charge on any atom is 0.241 e. The number of hydrogen-bond acceptors (Lipinski definition) is 8. The number of carbonyl (C=O) groups is 2. The lowest BCUT2D eigenvalue weighted by atomic mass is 10.0. The van der Waals surface area contributed by atoms with Crippen molar-refractivity contribution in [1.29, 1.82) is 0 Å². The standard InChI is InChI=1S/C33H39N3O6/c1-23(37)33(42-28-14-15-29-24(19-28)8-5-16-35-29)30-20-34-21-32(38)36(30)26-10-12-27(13-11-26)41-18-6-17-40-22-25-7-3-4-9-31(25)39-2/h3-4,7,9-15,19,30,33-35H,5-6,8,16-18,20-22H2,1-2H3/t30-,33?/m1/s1. The first kappa shape index (κ1) is 29.4. The Bertz CT molecular complexity index is 1360. The van der Waals surface area contributed by atoms with Gasteiger partial charge in [-0.15, -0.1) is 0 Å². The van der Waals surface area contributed by atoms with E-state index in [4.69, 9.17) is 18.9 Å². The van der Waals surface area contributed by atoms with Crippen molar-refractivity contribution in [3.05, 3.63) is 77.9 Å². The van der Waals surface area contributed by atoms with E-state index in [-0.39, 0.29) is 18.2 Å². The minimum absolute atomic E-state index is 0.114. The zero-order chi connectivity index (χ0) is 29.3. The van der Waals surface area contributed by atoms with E-state index in [1.807, 2.05) is 66.7 Å². The Kier molecular flexibility index (Phi) is 9.94. The first-order valence-electron chi connectivity index (χ1n) is 14.5. The van der Waals surface area contributed by atoms with Gasteiger partial charge in [0.15, 0.2) is 11.9 Å². The summed E-state index contributed by atoms with van der Waals surface area (Å²) in [5.74, 6) is 1.90. The summed E-state index contributed by atoms with van der Waals surface area (Å²) >= 11 is 0. The van der Waals surface area contributed by atoms with Crippen LogP contribution >= 0.6 is 0 Å². The van der Waals surface area contributed by atoms with Crippen molar-refractivity contribution in [1.82, 2.24) is 5.32 Å². The molecule has 0 radical (unpaired) electrons. The van der Waals surface area contributed by atoms with Crippen LogP contribution in [0, 0.1) is 0 Å². The van der Waals surface area contributed by atoms with Gasteiger partial charge in [0, 0.05) is 36.4 Å². The van der Waals surface area contributed by atoms with Crippen molar-refractivity contribution < 1.29 is 28.5 Å². The van der Waals surface area contributed by atoms with Gasteiger partial charge >= 0.3 is 0 Å². The van der Waals surface area contributed by atoms with Gasteiger partial charge in [-0.2, -0.15) is 0 Å². The Hall–Kier alpha value is -4.08. The molecule has 1 amide bonds. The van der Waals surface area contributed by atoms with Gasteiger partial charge in [0.05, 0.1) is 39.5 Å². The third-order valence-electron chi connectivity index (χ3n) is 7.53. The van der Waals surface area contributed by atoms with E-state index < -0.39 is 12.1 Å². The maximum atomic E-state index is 13.1. The molecule has 0 aliphatic carbocycles. The first-order valence-corrected chi connectivity index (χ1v) is 14.5. The molecule has 0 spiro atoms. The van der Waals surface area contributed by atoms with Gasteiger partial charge in [0.25, 0.3) is 0 Å². The fourth-order valence-electron chi connectivity index (χ4n) is 5.43. The number of methoxy groups -OCH3 is 1. The number of piperazine rings is 1. The number of fused-ring (bicyclic) bond motifs is 1. The number of ether oxygens (including phenoxy) is 4. The van der Waals surface area contributed by atoms with Crippen LogP contribution in [0.5, 0.6) is 17.2 Å². The number of nitrogens with zero attached hydrogens (tertiary/aromatic N) is 1. The molecule has 2 heterocycles. The number of anilines is 2. The fraction of sp³-hybridized carbons (Fsp3) is 0.394. The topological polar surface area (TPSA) is 98.4 Å². The molecule has 1 unspecified atom stereocenters. The van der Waals surface area contributed by atoms with Gasteiger partial charge in [-0.25, -0.2) is 0 Å². The predicted molar refractivity (Wildman–Crippen MR) is 162 cm³/mol. The minimum Gasteiger partial charge on any atom is -0.496 e. The molecular formula is C33H39N3O6. The Labute approximate surface area is 247 Å². The van der Waals surface area contributed by atoms with E-state index in [1.54, 1.807) is 12.0 Å². The van der Waals surface area contributed by atoms with E-state index in [2.05, 4.69) is 10.6 Å². The number of ketones is 1. The van der Waals surface area contributed by atoms with E-state index in [0.717, 1.165) is 42.8 Å². The van der Waals surface area contributed by atoms with Crippen molar-refractivity contribution in [3.8, 4) is 17.2 Å². The monoisotopic (exact) mass is 573 g/mol. The summed E-state index contributed by atoms with van der Waals surface area (Å²) in [6.07, 6.45) is 1.93. The highest BCUT2D eigenvalue weighted by Crippen LogP contribution is 2.30. The Morgan fingerprint density at radius 1 is 1.05 bits per heavy atom. The molecule has 0 aromatic heterocycles. The van der Waals surface area contributed by atoms with Crippen LogP contribution < -0.4 is 29.7 Å². The molecule has 42 heavy (non-hydrogen) atoms. The Balaban J connectivity index is 1.18. The van der Waals surface area contributed by atoms with Gasteiger partial charge in [-0.05, 0) is 73.9 Å². The van der Waals surface area contributed by atoms with Crippen molar-refractivity contribution in [2.75, 3.05) is 50.2 Å². The molecule has 5 rings (SSSR count). The second-order valence-corrected chi connectivity index (χ2v) is 10.5. The van der Waals surface area contributed by atoms with Crippen LogP contribution in [-0.2, 0) is 27.4 Å². The fourth-order valence-corrected chi connectivity index (χ4v) is 5.43. The third kappa shape index (κ3) is 7.21. The van der Waals surface area contributed by atoms with Crippen LogP contribution in [0.4, 0.5) is 11.4 Å². The van der Waals surface area contributed by atoms with E-state index >= 15 is 0 Å². The molecule has 9 heteroatoms. The lowest BCUT2D eigenvalue weighted by Crippen LogP contribution is -2.62. The minimum atomic E-state index is -0.817. The van der Waals surface area contributed by atoms with Crippen LogP contribution in [0.1, 0.15) is 30.9 Å². The lowest BCUT2D eigenvalue weighted by Gasteiger charge is -2.39. The molecule has 9 nitrogen and oxygen atoms in total. The van der Waals surface area contributed by atoms with Crippen LogP contribution in [0.25, 0.3) is 0 Å². The van der Waals surface area contributed by atoms with Gasteiger partial charge in [-0.1, -0.05) is 18.2 Å². The molecule has 2 N–H and O–H groups in total. The molecule has 3 aromatic carbocycles. The SMILES string of the molecule is COc1ccccc1COCCCOc1ccc(N2C(=O)CNC[C@@H]2C(Oc2ccc3c(c2)CCCN3)C(C)=O)cc1. The molecular weight excluding hydrogens is 534 g/mol. The smallest absolute Gasteiger partial charge is 0.241 e. The van der Waals surface area contributed by atoms with E-state index in [0.29, 0.717) is 43.6 Å². The average Bonchev–Trinajstić information content (AvgIpc) is 3.02. The number of Topliss-reactive ketones (excluding diaryl/α,β-unsaturated/α-hetero) is 1. The van der Waals surface area contributed by atoms with Gasteiger partial charge in [0.1, 0.15) is 17.2 Å². The Morgan fingerprint density at radius 2 is 1.86 bits per heavy atom. The van der Waals surface area contributed by atoms with Crippen LogP contribution in [-0.4, -0.2) is 63.8 Å². The predicted octanol–water partition coefficient (Wildman–Crippen LogP) is 4.38. The van der Waals surface area contributed by atoms with E-state index in [9.17, 15) is 9.59 Å². The highest BCUT2D eigenvalue weighted by atomic mass is 16.5. The van der Waals surface area contributed by atoms with Crippen molar-refractivity contribution in [2.24, 2.45) is 0 Å². The summed E-state index contributed by atoms with van der Waals surface area (Å²) in [7, 11) is 1.65. The summed E-state index contributed by atoms with van der Waals surface area (Å²) in [6.45, 7) is 4.63. The zero-order valence-corrected chi connectivity index (χ0v) is 24.3. The molecule has 2 atom stereocenters. The number of amides is 1. The first-order chi connectivity index (χ1) is 20.5. The Morgan fingerprint density at radius 3 is 2.67 bits per heavy atom. The summed E-state index contributed by atoms with van der Waals surface area (Å²) in [5.41, 5.74) is 3.99. The highest BCUT2D eigenvalue weighted by Gasteiger charge is 2.38. The molecule has 1 saturated heterocycles. The molecule has 0 saturated carbocycles. The normalized spacial score (nSPS) is 17.1. The number of benzene rings is 3. The second kappa shape index (κ2) is 14.2. The zero-order valence-electron chi connectivity index (χ0n) is 24.3. The molecule has 1 fully saturated rings.